The van der Waals surface area contributed by atoms with E-state index < -0.39 is 11.4 Å². The Morgan fingerprint density at radius 2 is 1.89 bits per heavy atom. The summed E-state index contributed by atoms with van der Waals surface area (Å²) in [5, 5.41) is 19.3. The largest absolute Gasteiger partial charge is 0.492 e. The second-order valence-electron chi connectivity index (χ2n) is 4.21. The van der Waals surface area contributed by atoms with Crippen LogP contribution in [0.3, 0.4) is 0 Å². The quantitative estimate of drug-likeness (QED) is 0.640. The minimum atomic E-state index is -0.675. The Bertz CT molecular complexity index is 688. The molecular formula is C14H14N2O3. The van der Waals surface area contributed by atoms with Crippen LogP contribution in [0.4, 0.5) is 5.69 Å². The van der Waals surface area contributed by atoms with E-state index in [2.05, 4.69) is 4.99 Å². The van der Waals surface area contributed by atoms with E-state index in [1.54, 1.807) is 13.8 Å². The summed E-state index contributed by atoms with van der Waals surface area (Å²) in [5.41, 5.74) is 1.49. The zero-order chi connectivity index (χ0) is 14.0. The minimum absolute atomic E-state index is 0.215. The fraction of sp³-hybridized carbons (Fsp3) is 0.143. The highest BCUT2D eigenvalue weighted by Crippen LogP contribution is 2.21. The molecule has 0 radical (unpaired) electrons. The highest BCUT2D eigenvalue weighted by molar-refractivity contribution is 6.03. The molecule has 2 aromatic rings. The average Bonchev–Trinajstić information content (AvgIpc) is 2.37. The molecule has 2 rings (SSSR count). The molecule has 0 bridgehead atoms. The first-order valence-electron chi connectivity index (χ1n) is 5.76. The number of para-hydroxylation sites is 1. The van der Waals surface area contributed by atoms with Gasteiger partial charge in [0.05, 0.1) is 17.0 Å². The maximum atomic E-state index is 11.3. The molecule has 0 aliphatic rings. The second kappa shape index (κ2) is 4.97. The fourth-order valence-corrected chi connectivity index (χ4v) is 1.90. The summed E-state index contributed by atoms with van der Waals surface area (Å²) in [4.78, 5) is 15.7. The predicted octanol–water partition coefficient (Wildman–Crippen LogP) is 2.24. The first-order valence-corrected chi connectivity index (χ1v) is 5.76. The molecule has 0 unspecified atom stereocenters. The summed E-state index contributed by atoms with van der Waals surface area (Å²) in [7, 11) is 0. The van der Waals surface area contributed by atoms with Gasteiger partial charge in [-0.1, -0.05) is 18.2 Å². The topological polar surface area (TPSA) is 74.8 Å². The molecule has 0 amide bonds. The summed E-state index contributed by atoms with van der Waals surface area (Å²) in [6.07, 6.45) is 0. The average molecular weight is 258 g/mol. The Labute approximate surface area is 110 Å². The number of hydrogen-bond acceptors (Lipinski definition) is 4. The lowest BCUT2D eigenvalue weighted by Crippen LogP contribution is -2.20. The maximum absolute atomic E-state index is 11.3. The van der Waals surface area contributed by atoms with Crippen LogP contribution in [0.5, 0.6) is 5.88 Å². The van der Waals surface area contributed by atoms with E-state index in [9.17, 15) is 15.1 Å². The highest BCUT2D eigenvalue weighted by atomic mass is 16.5. The summed E-state index contributed by atoms with van der Waals surface area (Å²) in [5.74, 6) is -0.498. The number of hydrogen-bond donors (Lipinski definition) is 2. The van der Waals surface area contributed by atoms with Gasteiger partial charge in [0.15, 0.2) is 0 Å². The molecule has 0 fully saturated rings. The third-order valence-corrected chi connectivity index (χ3v) is 2.78. The van der Waals surface area contributed by atoms with Crippen LogP contribution in [0.2, 0.25) is 0 Å². The van der Waals surface area contributed by atoms with Gasteiger partial charge in [-0.25, -0.2) is 0 Å². The zero-order valence-corrected chi connectivity index (χ0v) is 10.7. The predicted molar refractivity (Wildman–Crippen MR) is 72.6 cm³/mol. The number of aryl methyl sites for hydroxylation is 1. The van der Waals surface area contributed by atoms with Gasteiger partial charge in [-0.15, -0.1) is 4.73 Å². The van der Waals surface area contributed by atoms with E-state index in [1.165, 1.54) is 6.07 Å². The fourth-order valence-electron chi connectivity index (χ4n) is 1.90. The van der Waals surface area contributed by atoms with Crippen LogP contribution in [0.1, 0.15) is 18.1 Å². The van der Waals surface area contributed by atoms with E-state index >= 15 is 0 Å². The SMILES string of the molecule is C/C(=N\c1ccccc1)c1c(C)cc(=O)n(O)c1O. The van der Waals surface area contributed by atoms with Crippen molar-refractivity contribution in [2.24, 2.45) is 4.99 Å². The molecular weight excluding hydrogens is 244 g/mol. The summed E-state index contributed by atoms with van der Waals surface area (Å²) >= 11 is 0. The minimum Gasteiger partial charge on any atom is -0.492 e. The lowest BCUT2D eigenvalue weighted by atomic mass is 10.1. The molecule has 1 heterocycles. The molecule has 5 heteroatoms. The van der Waals surface area contributed by atoms with Crippen LogP contribution in [0, 0.1) is 6.92 Å². The third-order valence-electron chi connectivity index (χ3n) is 2.78. The van der Waals surface area contributed by atoms with E-state index in [1.807, 2.05) is 30.3 Å². The molecule has 1 aromatic heterocycles. The Morgan fingerprint density at radius 3 is 2.53 bits per heavy atom. The summed E-state index contributed by atoms with van der Waals surface area (Å²) in [6, 6.07) is 10.5. The number of pyridine rings is 1. The van der Waals surface area contributed by atoms with Crippen molar-refractivity contribution in [2.75, 3.05) is 0 Å². The van der Waals surface area contributed by atoms with Gasteiger partial charge in [-0.3, -0.25) is 9.79 Å². The Balaban J connectivity index is 2.57. The molecule has 0 saturated carbocycles. The van der Waals surface area contributed by atoms with Crippen molar-refractivity contribution in [3.63, 3.8) is 0 Å². The maximum Gasteiger partial charge on any atom is 0.286 e. The van der Waals surface area contributed by atoms with Crippen LogP contribution < -0.4 is 5.56 Å². The van der Waals surface area contributed by atoms with Gasteiger partial charge in [0.25, 0.3) is 5.56 Å². The third kappa shape index (κ3) is 2.49. The van der Waals surface area contributed by atoms with Crippen LogP contribution in [0.15, 0.2) is 46.2 Å². The van der Waals surface area contributed by atoms with Crippen molar-refractivity contribution < 1.29 is 10.3 Å². The second-order valence-corrected chi connectivity index (χ2v) is 4.21. The molecule has 0 aliphatic heterocycles. The lowest BCUT2D eigenvalue weighted by molar-refractivity contribution is 0.143. The number of benzene rings is 1. The number of aromatic nitrogens is 1. The smallest absolute Gasteiger partial charge is 0.286 e. The highest BCUT2D eigenvalue weighted by Gasteiger charge is 2.14. The van der Waals surface area contributed by atoms with Crippen LogP contribution in [0.25, 0.3) is 0 Å². The van der Waals surface area contributed by atoms with Crippen molar-refractivity contribution >= 4 is 11.4 Å². The van der Waals surface area contributed by atoms with Gasteiger partial charge in [0, 0.05) is 6.07 Å². The molecule has 0 saturated heterocycles. The van der Waals surface area contributed by atoms with Crippen LogP contribution in [-0.2, 0) is 0 Å². The Kier molecular flexibility index (Phi) is 3.37. The van der Waals surface area contributed by atoms with Gasteiger partial charge in [-0.05, 0) is 31.5 Å². The number of aliphatic imine (C=N–C) groups is 1. The van der Waals surface area contributed by atoms with Crippen LogP contribution >= 0.6 is 0 Å². The molecule has 2 N–H and O–H groups in total. The monoisotopic (exact) mass is 258 g/mol. The number of rotatable bonds is 2. The van der Waals surface area contributed by atoms with E-state index in [4.69, 9.17) is 0 Å². The van der Waals surface area contributed by atoms with Crippen molar-refractivity contribution in [2.45, 2.75) is 13.8 Å². The zero-order valence-electron chi connectivity index (χ0n) is 10.7. The van der Waals surface area contributed by atoms with Gasteiger partial charge in [0.1, 0.15) is 0 Å². The number of nitrogens with zero attached hydrogens (tertiary/aromatic N) is 2. The van der Waals surface area contributed by atoms with Gasteiger partial charge in [-0.2, -0.15) is 0 Å². The van der Waals surface area contributed by atoms with Crippen molar-refractivity contribution in [1.29, 1.82) is 0 Å². The van der Waals surface area contributed by atoms with E-state index in [0.717, 1.165) is 5.69 Å². The molecule has 98 valence electrons. The van der Waals surface area contributed by atoms with E-state index in [-0.39, 0.29) is 4.73 Å². The first-order chi connectivity index (χ1) is 9.00. The molecule has 1 aromatic carbocycles. The molecule has 0 aliphatic carbocycles. The van der Waals surface area contributed by atoms with Crippen molar-refractivity contribution in [3.05, 3.63) is 57.9 Å². The molecule has 0 atom stereocenters. The normalized spacial score (nSPS) is 11.6. The summed E-state index contributed by atoms with van der Waals surface area (Å²) < 4.78 is 0.215. The summed E-state index contributed by atoms with van der Waals surface area (Å²) in [6.45, 7) is 3.39. The number of aromatic hydroxyl groups is 1. The van der Waals surface area contributed by atoms with Crippen LogP contribution in [-0.4, -0.2) is 20.8 Å². The Morgan fingerprint density at radius 1 is 1.26 bits per heavy atom. The molecule has 19 heavy (non-hydrogen) atoms. The standard InChI is InChI=1S/C14H14N2O3/c1-9-8-12(17)16(19)14(18)13(9)10(2)15-11-6-4-3-5-7-11/h3-8,18-19H,1-2H3/b15-10+. The van der Waals surface area contributed by atoms with E-state index in [0.29, 0.717) is 16.8 Å². The van der Waals surface area contributed by atoms with Crippen molar-refractivity contribution in [3.8, 4) is 5.88 Å². The van der Waals surface area contributed by atoms with Gasteiger partial charge >= 0.3 is 0 Å². The molecule has 0 spiro atoms. The molecule has 5 nitrogen and oxygen atoms in total. The lowest BCUT2D eigenvalue weighted by Gasteiger charge is -2.10. The Hall–Kier alpha value is -2.56. The van der Waals surface area contributed by atoms with Crippen molar-refractivity contribution in [1.82, 2.24) is 4.73 Å². The van der Waals surface area contributed by atoms with Gasteiger partial charge in [0.2, 0.25) is 5.88 Å². The first kappa shape index (κ1) is 12.9. The van der Waals surface area contributed by atoms with Gasteiger partial charge < -0.3 is 10.3 Å².